The Kier molecular flexibility index (Phi) is 3.60. The summed E-state index contributed by atoms with van der Waals surface area (Å²) in [6, 6.07) is 20.2. The normalized spacial score (nSPS) is 11.0. The highest BCUT2D eigenvalue weighted by atomic mass is 35.5. The van der Waals surface area contributed by atoms with Crippen molar-refractivity contribution >= 4 is 33.3 Å². The Morgan fingerprint density at radius 1 is 0.870 bits per heavy atom. The lowest BCUT2D eigenvalue weighted by atomic mass is 10.0. The largest absolute Gasteiger partial charge is 0.232 e. The number of halogens is 1. The van der Waals surface area contributed by atoms with E-state index in [-0.39, 0.29) is 0 Å². The highest BCUT2D eigenvalue weighted by Crippen LogP contribution is 2.33. The van der Waals surface area contributed by atoms with Crippen molar-refractivity contribution in [3.8, 4) is 21.7 Å². The number of aromatic nitrogens is 2. The van der Waals surface area contributed by atoms with Crippen LogP contribution in [0.4, 0.5) is 0 Å². The molecule has 112 valence electrons. The quantitative estimate of drug-likeness (QED) is 0.449. The van der Waals surface area contributed by atoms with E-state index in [0.717, 1.165) is 42.8 Å². The first kappa shape index (κ1) is 14.4. The molecular weight excluding hydrogens is 324 g/mol. The van der Waals surface area contributed by atoms with Gasteiger partial charge in [-0.1, -0.05) is 54.1 Å². The SMILES string of the molecule is Cc1nc2nc(-c3ccccc3)sc2cc1-c1cccc(Cl)c1. The maximum absolute atomic E-state index is 6.12. The van der Waals surface area contributed by atoms with E-state index in [9.17, 15) is 0 Å². The van der Waals surface area contributed by atoms with Crippen molar-refractivity contribution in [2.75, 3.05) is 0 Å². The summed E-state index contributed by atoms with van der Waals surface area (Å²) in [5.41, 5.74) is 5.07. The van der Waals surface area contributed by atoms with Crippen LogP contribution >= 0.6 is 22.9 Å². The molecular formula is C19H13ClN2S. The predicted octanol–water partition coefficient (Wildman–Crippen LogP) is 5.99. The van der Waals surface area contributed by atoms with Crippen molar-refractivity contribution in [3.05, 3.63) is 71.4 Å². The van der Waals surface area contributed by atoms with Gasteiger partial charge in [0.2, 0.25) is 0 Å². The van der Waals surface area contributed by atoms with Crippen molar-refractivity contribution in [2.45, 2.75) is 6.92 Å². The lowest BCUT2D eigenvalue weighted by Gasteiger charge is -2.05. The monoisotopic (exact) mass is 336 g/mol. The summed E-state index contributed by atoms with van der Waals surface area (Å²) >= 11 is 7.78. The average molecular weight is 337 g/mol. The first-order valence-corrected chi connectivity index (χ1v) is 8.50. The van der Waals surface area contributed by atoms with E-state index in [1.165, 1.54) is 0 Å². The highest BCUT2D eigenvalue weighted by molar-refractivity contribution is 7.21. The molecule has 0 atom stereocenters. The van der Waals surface area contributed by atoms with Crippen LogP contribution in [0.2, 0.25) is 5.02 Å². The van der Waals surface area contributed by atoms with Crippen molar-refractivity contribution in [1.29, 1.82) is 0 Å². The first-order valence-electron chi connectivity index (χ1n) is 7.30. The molecule has 4 heteroatoms. The van der Waals surface area contributed by atoms with E-state index in [4.69, 9.17) is 11.6 Å². The minimum Gasteiger partial charge on any atom is -0.232 e. The fourth-order valence-electron chi connectivity index (χ4n) is 2.61. The highest BCUT2D eigenvalue weighted by Gasteiger charge is 2.11. The molecule has 2 nitrogen and oxygen atoms in total. The number of hydrogen-bond donors (Lipinski definition) is 0. The molecule has 0 aliphatic heterocycles. The molecule has 0 radical (unpaired) electrons. The second kappa shape index (κ2) is 5.76. The van der Waals surface area contributed by atoms with Crippen LogP contribution in [0.1, 0.15) is 5.69 Å². The lowest BCUT2D eigenvalue weighted by molar-refractivity contribution is 1.22. The smallest absolute Gasteiger partial charge is 0.171 e. The molecule has 0 aliphatic carbocycles. The predicted molar refractivity (Wildman–Crippen MR) is 98.0 cm³/mol. The molecule has 0 saturated heterocycles. The maximum Gasteiger partial charge on any atom is 0.171 e. The van der Waals surface area contributed by atoms with Crippen LogP contribution in [-0.4, -0.2) is 9.97 Å². The van der Waals surface area contributed by atoms with Crippen molar-refractivity contribution < 1.29 is 0 Å². The maximum atomic E-state index is 6.12. The zero-order chi connectivity index (χ0) is 15.8. The molecule has 2 aromatic heterocycles. The van der Waals surface area contributed by atoms with Crippen LogP contribution in [0.15, 0.2) is 60.7 Å². The van der Waals surface area contributed by atoms with Gasteiger partial charge in [-0.05, 0) is 30.7 Å². The summed E-state index contributed by atoms with van der Waals surface area (Å²) in [5.74, 6) is 0. The second-order valence-corrected chi connectivity index (χ2v) is 6.81. The van der Waals surface area contributed by atoms with Gasteiger partial charge in [-0.2, -0.15) is 0 Å². The Labute approximate surface area is 143 Å². The standard InChI is InChI=1S/C19H13ClN2S/c1-12-16(14-8-5-9-15(20)10-14)11-17-18(21-12)22-19(23-17)13-6-3-2-4-7-13/h2-11H,1H3. The lowest BCUT2D eigenvalue weighted by Crippen LogP contribution is -1.88. The third-order valence-electron chi connectivity index (χ3n) is 3.73. The van der Waals surface area contributed by atoms with Crippen molar-refractivity contribution in [3.63, 3.8) is 0 Å². The number of fused-ring (bicyclic) bond motifs is 1. The molecule has 4 aromatic rings. The summed E-state index contributed by atoms with van der Waals surface area (Å²) in [4.78, 5) is 9.36. The molecule has 0 saturated carbocycles. The average Bonchev–Trinajstić information content (AvgIpc) is 2.97. The van der Waals surface area contributed by atoms with Gasteiger partial charge in [0.25, 0.3) is 0 Å². The fraction of sp³-hybridized carbons (Fsp3) is 0.0526. The Morgan fingerprint density at radius 2 is 1.65 bits per heavy atom. The molecule has 0 N–H and O–H groups in total. The van der Waals surface area contributed by atoms with Crippen LogP contribution in [-0.2, 0) is 0 Å². The Balaban J connectivity index is 1.87. The summed E-state index contributed by atoms with van der Waals surface area (Å²) in [6.45, 7) is 2.01. The summed E-state index contributed by atoms with van der Waals surface area (Å²) < 4.78 is 1.09. The zero-order valence-corrected chi connectivity index (χ0v) is 14.0. The molecule has 4 rings (SSSR count). The third-order valence-corrected chi connectivity index (χ3v) is 5.01. The summed E-state index contributed by atoms with van der Waals surface area (Å²) in [7, 11) is 0. The van der Waals surface area contributed by atoms with Gasteiger partial charge in [0.05, 0.1) is 4.70 Å². The van der Waals surface area contributed by atoms with Gasteiger partial charge in [0, 0.05) is 21.8 Å². The molecule has 0 bridgehead atoms. The van der Waals surface area contributed by atoms with E-state index in [2.05, 4.69) is 34.2 Å². The molecule has 2 heterocycles. The third kappa shape index (κ3) is 2.74. The van der Waals surface area contributed by atoms with Gasteiger partial charge in [0.1, 0.15) is 5.01 Å². The molecule has 2 aromatic carbocycles. The topological polar surface area (TPSA) is 25.8 Å². The molecule has 0 unspecified atom stereocenters. The first-order chi connectivity index (χ1) is 11.2. The van der Waals surface area contributed by atoms with Crippen LogP contribution in [0, 0.1) is 6.92 Å². The van der Waals surface area contributed by atoms with Crippen LogP contribution in [0.5, 0.6) is 0 Å². The summed E-state index contributed by atoms with van der Waals surface area (Å²) in [5, 5.41) is 1.73. The molecule has 0 amide bonds. The number of benzene rings is 2. The molecule has 0 fully saturated rings. The van der Waals surface area contributed by atoms with Crippen LogP contribution < -0.4 is 0 Å². The van der Waals surface area contributed by atoms with Crippen LogP contribution in [0.3, 0.4) is 0 Å². The molecule has 23 heavy (non-hydrogen) atoms. The number of hydrogen-bond acceptors (Lipinski definition) is 3. The fourth-order valence-corrected chi connectivity index (χ4v) is 3.75. The zero-order valence-electron chi connectivity index (χ0n) is 12.5. The van der Waals surface area contributed by atoms with E-state index >= 15 is 0 Å². The van der Waals surface area contributed by atoms with Gasteiger partial charge in [-0.25, -0.2) is 9.97 Å². The van der Waals surface area contributed by atoms with E-state index in [1.54, 1.807) is 11.3 Å². The minimum atomic E-state index is 0.733. The van der Waals surface area contributed by atoms with Gasteiger partial charge in [-0.15, -0.1) is 11.3 Å². The van der Waals surface area contributed by atoms with E-state index in [0.29, 0.717) is 0 Å². The van der Waals surface area contributed by atoms with Crippen molar-refractivity contribution in [2.24, 2.45) is 0 Å². The number of rotatable bonds is 2. The van der Waals surface area contributed by atoms with Gasteiger partial charge in [-0.3, -0.25) is 0 Å². The van der Waals surface area contributed by atoms with E-state index < -0.39 is 0 Å². The Hall–Kier alpha value is -2.23. The van der Waals surface area contributed by atoms with E-state index in [1.807, 2.05) is 43.3 Å². The number of thiazole rings is 1. The number of aryl methyl sites for hydroxylation is 1. The molecule has 0 spiro atoms. The number of nitrogens with zero attached hydrogens (tertiary/aromatic N) is 2. The van der Waals surface area contributed by atoms with Gasteiger partial charge < -0.3 is 0 Å². The summed E-state index contributed by atoms with van der Waals surface area (Å²) in [6.07, 6.45) is 0. The van der Waals surface area contributed by atoms with Crippen LogP contribution in [0.25, 0.3) is 32.0 Å². The van der Waals surface area contributed by atoms with Gasteiger partial charge >= 0.3 is 0 Å². The van der Waals surface area contributed by atoms with Gasteiger partial charge in [0.15, 0.2) is 5.65 Å². The minimum absolute atomic E-state index is 0.733. The number of pyridine rings is 1. The molecule has 0 aliphatic rings. The van der Waals surface area contributed by atoms with Crippen molar-refractivity contribution in [1.82, 2.24) is 9.97 Å². The Bertz CT molecular complexity index is 993. The second-order valence-electron chi connectivity index (χ2n) is 5.34. The Morgan fingerprint density at radius 3 is 2.43 bits per heavy atom.